The van der Waals surface area contributed by atoms with Gasteiger partial charge in [-0.25, -0.2) is 0 Å². The number of benzene rings is 1. The van der Waals surface area contributed by atoms with E-state index in [-0.39, 0.29) is 5.91 Å². The van der Waals surface area contributed by atoms with Gasteiger partial charge >= 0.3 is 0 Å². The van der Waals surface area contributed by atoms with Gasteiger partial charge in [-0.1, -0.05) is 42.9 Å². The SMILES string of the molecule is CC1CCC(NC(=O)Cc2cccc(Cl)c2)(C(N)=S)CC1. The summed E-state index contributed by atoms with van der Waals surface area (Å²) in [6.45, 7) is 2.22. The van der Waals surface area contributed by atoms with Crippen LogP contribution >= 0.6 is 23.8 Å². The number of nitrogens with two attached hydrogens (primary N) is 1. The third-order valence-corrected chi connectivity index (χ3v) is 4.86. The Kier molecular flexibility index (Phi) is 5.22. The van der Waals surface area contributed by atoms with Gasteiger partial charge in [0.15, 0.2) is 0 Å². The van der Waals surface area contributed by atoms with Crippen molar-refractivity contribution in [2.45, 2.75) is 44.6 Å². The third-order valence-electron chi connectivity index (χ3n) is 4.23. The van der Waals surface area contributed by atoms with Gasteiger partial charge in [-0.3, -0.25) is 4.79 Å². The monoisotopic (exact) mass is 324 g/mol. The Balaban J connectivity index is 2.04. The van der Waals surface area contributed by atoms with Gasteiger partial charge < -0.3 is 11.1 Å². The number of amides is 1. The molecular weight excluding hydrogens is 304 g/mol. The van der Waals surface area contributed by atoms with Gasteiger partial charge in [0.2, 0.25) is 5.91 Å². The Bertz CT molecular complexity index is 539. The minimum Gasteiger partial charge on any atom is -0.391 e. The van der Waals surface area contributed by atoms with Gasteiger partial charge in [0.1, 0.15) is 0 Å². The highest BCUT2D eigenvalue weighted by Crippen LogP contribution is 2.32. The molecule has 1 saturated carbocycles. The predicted octanol–water partition coefficient (Wildman–Crippen LogP) is 3.23. The highest BCUT2D eigenvalue weighted by Gasteiger charge is 2.38. The fraction of sp³-hybridized carbons (Fsp3) is 0.500. The van der Waals surface area contributed by atoms with E-state index in [2.05, 4.69) is 12.2 Å². The van der Waals surface area contributed by atoms with Crippen LogP contribution in [-0.2, 0) is 11.2 Å². The normalized spacial score (nSPS) is 25.3. The molecule has 1 aromatic carbocycles. The van der Waals surface area contributed by atoms with E-state index in [0.717, 1.165) is 31.2 Å². The molecule has 114 valence electrons. The summed E-state index contributed by atoms with van der Waals surface area (Å²) in [5.74, 6) is 0.608. The van der Waals surface area contributed by atoms with Crippen LogP contribution in [0.25, 0.3) is 0 Å². The van der Waals surface area contributed by atoms with E-state index in [1.165, 1.54) is 0 Å². The first kappa shape index (κ1) is 16.2. The van der Waals surface area contributed by atoms with Crippen molar-refractivity contribution in [3.63, 3.8) is 0 Å². The summed E-state index contributed by atoms with van der Waals surface area (Å²) < 4.78 is 0. The zero-order chi connectivity index (χ0) is 15.5. The van der Waals surface area contributed by atoms with Crippen LogP contribution in [0.4, 0.5) is 0 Å². The van der Waals surface area contributed by atoms with Gasteiger partial charge in [0.25, 0.3) is 0 Å². The van der Waals surface area contributed by atoms with Gasteiger partial charge in [-0.15, -0.1) is 0 Å². The van der Waals surface area contributed by atoms with E-state index in [9.17, 15) is 4.79 Å². The summed E-state index contributed by atoms with van der Waals surface area (Å²) in [7, 11) is 0. The van der Waals surface area contributed by atoms with Crippen molar-refractivity contribution in [1.82, 2.24) is 5.32 Å². The van der Waals surface area contributed by atoms with Crippen LogP contribution in [0.2, 0.25) is 5.02 Å². The van der Waals surface area contributed by atoms with Crippen LogP contribution in [-0.4, -0.2) is 16.4 Å². The fourth-order valence-electron chi connectivity index (χ4n) is 2.83. The smallest absolute Gasteiger partial charge is 0.225 e. The van der Waals surface area contributed by atoms with Gasteiger partial charge in [0.05, 0.1) is 16.9 Å². The topological polar surface area (TPSA) is 55.1 Å². The predicted molar refractivity (Wildman–Crippen MR) is 90.4 cm³/mol. The molecule has 0 saturated heterocycles. The Hall–Kier alpha value is -1.13. The largest absolute Gasteiger partial charge is 0.391 e. The number of halogens is 1. The molecule has 0 heterocycles. The van der Waals surface area contributed by atoms with Gasteiger partial charge in [0, 0.05) is 5.02 Å². The number of carbonyl (C=O) groups excluding carboxylic acids is 1. The lowest BCUT2D eigenvalue weighted by atomic mass is 9.77. The number of hydrogen-bond acceptors (Lipinski definition) is 2. The summed E-state index contributed by atoms with van der Waals surface area (Å²) >= 11 is 11.2. The van der Waals surface area contributed by atoms with E-state index in [4.69, 9.17) is 29.6 Å². The molecule has 2 rings (SSSR count). The van der Waals surface area contributed by atoms with E-state index in [0.29, 0.717) is 22.3 Å². The van der Waals surface area contributed by atoms with Crippen molar-refractivity contribution in [2.24, 2.45) is 11.7 Å². The Morgan fingerprint density at radius 2 is 2.14 bits per heavy atom. The number of thiocarbonyl (C=S) groups is 1. The number of hydrogen-bond donors (Lipinski definition) is 2. The Labute approximate surface area is 136 Å². The highest BCUT2D eigenvalue weighted by atomic mass is 35.5. The molecule has 0 radical (unpaired) electrons. The van der Waals surface area contributed by atoms with E-state index >= 15 is 0 Å². The van der Waals surface area contributed by atoms with Crippen LogP contribution < -0.4 is 11.1 Å². The van der Waals surface area contributed by atoms with Crippen molar-refractivity contribution >= 4 is 34.7 Å². The molecule has 5 heteroatoms. The van der Waals surface area contributed by atoms with Crippen LogP contribution in [0.1, 0.15) is 38.2 Å². The molecule has 0 bridgehead atoms. The second-order valence-electron chi connectivity index (χ2n) is 5.98. The summed E-state index contributed by atoms with van der Waals surface area (Å²) in [5.41, 5.74) is 6.28. The first-order valence-corrected chi connectivity index (χ1v) is 8.05. The van der Waals surface area contributed by atoms with Crippen LogP contribution in [0.5, 0.6) is 0 Å². The standard InChI is InChI=1S/C16H21ClN2OS/c1-11-5-7-16(8-6-11,15(18)21)19-14(20)10-12-3-2-4-13(17)9-12/h2-4,9,11H,5-8,10H2,1H3,(H2,18,21)(H,19,20). The minimum atomic E-state index is -0.516. The maximum absolute atomic E-state index is 12.3. The molecule has 3 nitrogen and oxygen atoms in total. The van der Waals surface area contributed by atoms with E-state index < -0.39 is 5.54 Å². The second kappa shape index (κ2) is 6.75. The lowest BCUT2D eigenvalue weighted by Crippen LogP contribution is -2.58. The fourth-order valence-corrected chi connectivity index (χ4v) is 3.30. The van der Waals surface area contributed by atoms with E-state index in [1.54, 1.807) is 12.1 Å². The van der Waals surface area contributed by atoms with Crippen LogP contribution in [0.3, 0.4) is 0 Å². The first-order chi connectivity index (χ1) is 9.91. The van der Waals surface area contributed by atoms with Gasteiger partial charge in [-0.2, -0.15) is 0 Å². The molecule has 1 amide bonds. The van der Waals surface area contributed by atoms with Crippen LogP contribution in [0, 0.1) is 5.92 Å². The summed E-state index contributed by atoms with van der Waals surface area (Å²) in [4.78, 5) is 12.7. The molecule has 0 aromatic heterocycles. The molecule has 21 heavy (non-hydrogen) atoms. The van der Waals surface area contributed by atoms with Crippen molar-refractivity contribution in [2.75, 3.05) is 0 Å². The number of carbonyl (C=O) groups is 1. The molecule has 3 N–H and O–H groups in total. The molecule has 1 aliphatic rings. The summed E-state index contributed by atoms with van der Waals surface area (Å²) in [6.07, 6.45) is 4.01. The third kappa shape index (κ3) is 4.17. The molecular formula is C16H21ClN2OS. The maximum atomic E-state index is 12.3. The van der Waals surface area contributed by atoms with Crippen molar-refractivity contribution in [3.05, 3.63) is 34.9 Å². The molecule has 0 atom stereocenters. The van der Waals surface area contributed by atoms with Crippen molar-refractivity contribution in [1.29, 1.82) is 0 Å². The highest BCUT2D eigenvalue weighted by molar-refractivity contribution is 7.80. The molecule has 1 aromatic rings. The molecule has 0 aliphatic heterocycles. The van der Waals surface area contributed by atoms with Crippen molar-refractivity contribution < 1.29 is 4.79 Å². The minimum absolute atomic E-state index is 0.0559. The quantitative estimate of drug-likeness (QED) is 0.836. The number of rotatable bonds is 4. The average molecular weight is 325 g/mol. The summed E-state index contributed by atoms with van der Waals surface area (Å²) in [5, 5.41) is 3.71. The zero-order valence-electron chi connectivity index (χ0n) is 12.2. The van der Waals surface area contributed by atoms with Crippen LogP contribution in [0.15, 0.2) is 24.3 Å². The zero-order valence-corrected chi connectivity index (χ0v) is 13.8. The summed E-state index contributed by atoms with van der Waals surface area (Å²) in [6, 6.07) is 7.33. The Morgan fingerprint density at radius 3 is 2.71 bits per heavy atom. The molecule has 0 spiro atoms. The lowest BCUT2D eigenvalue weighted by Gasteiger charge is -2.39. The van der Waals surface area contributed by atoms with Crippen molar-refractivity contribution in [3.8, 4) is 0 Å². The van der Waals surface area contributed by atoms with E-state index in [1.807, 2.05) is 12.1 Å². The molecule has 1 aliphatic carbocycles. The maximum Gasteiger partial charge on any atom is 0.225 e. The van der Waals surface area contributed by atoms with Gasteiger partial charge in [-0.05, 0) is 49.3 Å². The molecule has 1 fully saturated rings. The molecule has 0 unspecified atom stereocenters. The second-order valence-corrected chi connectivity index (χ2v) is 6.86. The number of nitrogens with one attached hydrogen (secondary N) is 1. The lowest BCUT2D eigenvalue weighted by molar-refractivity contribution is -0.122. The Morgan fingerprint density at radius 1 is 1.48 bits per heavy atom. The first-order valence-electron chi connectivity index (χ1n) is 7.27. The average Bonchev–Trinajstić information content (AvgIpc) is 2.41.